The van der Waals surface area contributed by atoms with Gasteiger partial charge in [-0.15, -0.1) is 0 Å². The van der Waals surface area contributed by atoms with Crippen molar-refractivity contribution in [2.45, 2.75) is 0 Å². The van der Waals surface area contributed by atoms with Gasteiger partial charge >= 0.3 is 5.69 Å². The van der Waals surface area contributed by atoms with Gasteiger partial charge in [0.15, 0.2) is 0 Å². The Morgan fingerprint density at radius 3 is 2.33 bits per heavy atom. The van der Waals surface area contributed by atoms with E-state index >= 15 is 0 Å². The average Bonchev–Trinajstić information content (AvgIpc) is 2.55. The van der Waals surface area contributed by atoms with Gasteiger partial charge in [-0.3, -0.25) is 10.1 Å². The van der Waals surface area contributed by atoms with Crippen LogP contribution < -0.4 is 0 Å². The molecule has 0 radical (unpaired) electrons. The standard InChI is InChI=1S/C17H11ClN2O4/c18-14-8-11(6-7-19-14)15-16(21)12(10-4-2-1-3-5-10)9-13(17(15)22)20(23)24/h1-9,21-22H. The maximum Gasteiger partial charge on any atom is 0.312 e. The second-order valence-corrected chi connectivity index (χ2v) is 5.39. The molecule has 0 bridgehead atoms. The Balaban J connectivity index is 2.36. The Morgan fingerprint density at radius 1 is 1.00 bits per heavy atom. The van der Waals surface area contributed by atoms with Gasteiger partial charge in [0, 0.05) is 17.8 Å². The van der Waals surface area contributed by atoms with Crippen LogP contribution in [0.3, 0.4) is 0 Å². The van der Waals surface area contributed by atoms with Gasteiger partial charge in [0.25, 0.3) is 0 Å². The van der Waals surface area contributed by atoms with Crippen LogP contribution in [-0.2, 0) is 0 Å². The highest BCUT2D eigenvalue weighted by Gasteiger charge is 2.26. The van der Waals surface area contributed by atoms with Crippen LogP contribution in [0.1, 0.15) is 0 Å². The molecule has 3 rings (SSSR count). The first-order valence-electron chi connectivity index (χ1n) is 6.89. The minimum Gasteiger partial charge on any atom is -0.506 e. The normalized spacial score (nSPS) is 10.5. The number of benzene rings is 2. The second-order valence-electron chi connectivity index (χ2n) is 5.01. The van der Waals surface area contributed by atoms with E-state index in [0.717, 1.165) is 6.07 Å². The lowest BCUT2D eigenvalue weighted by atomic mass is 9.96. The number of hydrogen-bond acceptors (Lipinski definition) is 5. The van der Waals surface area contributed by atoms with Crippen molar-refractivity contribution in [3.8, 4) is 33.8 Å². The van der Waals surface area contributed by atoms with E-state index in [1.807, 2.05) is 0 Å². The van der Waals surface area contributed by atoms with Crippen LogP contribution in [-0.4, -0.2) is 20.1 Å². The molecule has 24 heavy (non-hydrogen) atoms. The van der Waals surface area contributed by atoms with E-state index in [1.54, 1.807) is 30.3 Å². The lowest BCUT2D eigenvalue weighted by molar-refractivity contribution is -0.385. The summed E-state index contributed by atoms with van der Waals surface area (Å²) in [7, 11) is 0. The number of hydrogen-bond donors (Lipinski definition) is 2. The Hall–Kier alpha value is -3.12. The number of nitrogens with zero attached hydrogens (tertiary/aromatic N) is 2. The Labute approximate surface area is 141 Å². The average molecular weight is 343 g/mol. The molecule has 0 atom stereocenters. The number of nitro groups is 1. The topological polar surface area (TPSA) is 96.5 Å². The highest BCUT2D eigenvalue weighted by atomic mass is 35.5. The zero-order chi connectivity index (χ0) is 17.3. The first-order chi connectivity index (χ1) is 11.5. The summed E-state index contributed by atoms with van der Waals surface area (Å²) in [6.45, 7) is 0. The van der Waals surface area contributed by atoms with Crippen LogP contribution in [0.2, 0.25) is 5.15 Å². The molecule has 2 aromatic carbocycles. The SMILES string of the molecule is O=[N+]([O-])c1cc(-c2ccccc2)c(O)c(-c2ccnc(Cl)c2)c1O. The van der Waals surface area contributed by atoms with Gasteiger partial charge in [0.1, 0.15) is 10.9 Å². The van der Waals surface area contributed by atoms with Crippen molar-refractivity contribution in [3.63, 3.8) is 0 Å². The van der Waals surface area contributed by atoms with Crippen molar-refractivity contribution in [2.75, 3.05) is 0 Å². The van der Waals surface area contributed by atoms with Crippen molar-refractivity contribution in [1.82, 2.24) is 4.98 Å². The van der Waals surface area contributed by atoms with Crippen molar-refractivity contribution in [3.05, 3.63) is 70.0 Å². The summed E-state index contributed by atoms with van der Waals surface area (Å²) in [6, 6.07) is 12.8. The molecule has 1 heterocycles. The largest absolute Gasteiger partial charge is 0.506 e. The fourth-order valence-corrected chi connectivity index (χ4v) is 2.63. The Kier molecular flexibility index (Phi) is 4.05. The summed E-state index contributed by atoms with van der Waals surface area (Å²) in [6.07, 6.45) is 1.39. The summed E-state index contributed by atoms with van der Waals surface area (Å²) < 4.78 is 0. The van der Waals surface area contributed by atoms with Crippen LogP contribution in [0.15, 0.2) is 54.7 Å². The molecule has 0 aliphatic rings. The molecule has 3 aromatic rings. The highest BCUT2D eigenvalue weighted by Crippen LogP contribution is 2.48. The van der Waals surface area contributed by atoms with Gasteiger partial charge in [0.05, 0.1) is 10.5 Å². The molecule has 0 aliphatic carbocycles. The zero-order valence-corrected chi connectivity index (χ0v) is 12.9. The number of aromatic hydroxyl groups is 2. The Bertz CT molecular complexity index is 929. The van der Waals surface area contributed by atoms with E-state index in [0.29, 0.717) is 11.1 Å². The van der Waals surface area contributed by atoms with Crippen LogP contribution in [0.4, 0.5) is 5.69 Å². The molecule has 0 saturated carbocycles. The number of nitro benzene ring substituents is 1. The summed E-state index contributed by atoms with van der Waals surface area (Å²) in [5.41, 5.74) is 0.579. The quantitative estimate of drug-likeness (QED) is 0.418. The van der Waals surface area contributed by atoms with Crippen LogP contribution in [0.25, 0.3) is 22.3 Å². The monoisotopic (exact) mass is 342 g/mol. The number of halogens is 1. The molecule has 0 fully saturated rings. The molecular weight excluding hydrogens is 332 g/mol. The first kappa shape index (κ1) is 15.8. The summed E-state index contributed by atoms with van der Waals surface area (Å²) in [5.74, 6) is -0.897. The molecule has 0 amide bonds. The predicted molar refractivity (Wildman–Crippen MR) is 90.1 cm³/mol. The van der Waals surface area contributed by atoms with Gasteiger partial charge in [-0.05, 0) is 23.3 Å². The van der Waals surface area contributed by atoms with Crippen molar-refractivity contribution >= 4 is 17.3 Å². The smallest absolute Gasteiger partial charge is 0.312 e. The van der Waals surface area contributed by atoms with E-state index in [2.05, 4.69) is 4.98 Å². The molecule has 1 aromatic heterocycles. The van der Waals surface area contributed by atoms with Gasteiger partial charge in [-0.25, -0.2) is 4.98 Å². The van der Waals surface area contributed by atoms with E-state index in [9.17, 15) is 20.3 Å². The van der Waals surface area contributed by atoms with Gasteiger partial charge in [0.2, 0.25) is 5.75 Å². The zero-order valence-electron chi connectivity index (χ0n) is 12.2. The van der Waals surface area contributed by atoms with Gasteiger partial charge < -0.3 is 10.2 Å². The van der Waals surface area contributed by atoms with Gasteiger partial charge in [-0.1, -0.05) is 41.9 Å². The van der Waals surface area contributed by atoms with Crippen LogP contribution in [0, 0.1) is 10.1 Å². The molecule has 6 nitrogen and oxygen atoms in total. The minimum atomic E-state index is -0.701. The molecular formula is C17H11ClN2O4. The lowest BCUT2D eigenvalue weighted by Gasteiger charge is -2.13. The first-order valence-corrected chi connectivity index (χ1v) is 7.27. The third-order valence-electron chi connectivity index (χ3n) is 3.55. The molecule has 120 valence electrons. The molecule has 7 heteroatoms. The molecule has 0 spiro atoms. The summed E-state index contributed by atoms with van der Waals surface area (Å²) in [5, 5.41) is 32.3. The van der Waals surface area contributed by atoms with Crippen molar-refractivity contribution < 1.29 is 15.1 Å². The number of pyridine rings is 1. The maximum absolute atomic E-state index is 11.3. The Morgan fingerprint density at radius 2 is 1.71 bits per heavy atom. The van der Waals surface area contributed by atoms with Crippen LogP contribution >= 0.6 is 11.6 Å². The summed E-state index contributed by atoms with van der Waals surface area (Å²) >= 11 is 5.85. The number of phenolic OH excluding ortho intramolecular Hbond substituents is 2. The number of rotatable bonds is 3. The third-order valence-corrected chi connectivity index (χ3v) is 3.76. The maximum atomic E-state index is 11.3. The fourth-order valence-electron chi connectivity index (χ4n) is 2.46. The molecule has 0 unspecified atom stereocenters. The highest BCUT2D eigenvalue weighted by molar-refractivity contribution is 6.29. The molecule has 0 aliphatic heterocycles. The van der Waals surface area contributed by atoms with E-state index in [-0.39, 0.29) is 22.0 Å². The summed E-state index contributed by atoms with van der Waals surface area (Å²) in [4.78, 5) is 14.4. The van der Waals surface area contributed by atoms with Crippen molar-refractivity contribution in [2.24, 2.45) is 0 Å². The van der Waals surface area contributed by atoms with E-state index < -0.39 is 16.4 Å². The second kappa shape index (κ2) is 6.17. The predicted octanol–water partition coefficient (Wildman–Crippen LogP) is 4.39. The third kappa shape index (κ3) is 2.75. The van der Waals surface area contributed by atoms with Gasteiger partial charge in [-0.2, -0.15) is 0 Å². The molecule has 2 N–H and O–H groups in total. The number of phenols is 2. The van der Waals surface area contributed by atoms with E-state index in [4.69, 9.17) is 11.6 Å². The number of aromatic nitrogens is 1. The fraction of sp³-hybridized carbons (Fsp3) is 0. The van der Waals surface area contributed by atoms with E-state index in [1.165, 1.54) is 18.3 Å². The van der Waals surface area contributed by atoms with Crippen LogP contribution in [0.5, 0.6) is 11.5 Å². The molecule has 0 saturated heterocycles. The lowest BCUT2D eigenvalue weighted by Crippen LogP contribution is -1.94. The van der Waals surface area contributed by atoms with Crippen molar-refractivity contribution in [1.29, 1.82) is 0 Å². The minimum absolute atomic E-state index is 0.0626.